The van der Waals surface area contributed by atoms with Crippen molar-refractivity contribution >= 4 is 44.5 Å². The number of aliphatic hydroxyl groups excluding tert-OH is 1. The van der Waals surface area contributed by atoms with E-state index in [4.69, 9.17) is 4.98 Å². The summed E-state index contributed by atoms with van der Waals surface area (Å²) >= 11 is 1.25. The van der Waals surface area contributed by atoms with Gasteiger partial charge in [-0.15, -0.1) is 0 Å². The summed E-state index contributed by atoms with van der Waals surface area (Å²) in [6, 6.07) is 14.0. The highest BCUT2D eigenvalue weighted by Crippen LogP contribution is 2.38. The van der Waals surface area contributed by atoms with Gasteiger partial charge < -0.3 is 24.4 Å². The zero-order valence-electron chi connectivity index (χ0n) is 24.9. The van der Waals surface area contributed by atoms with Crippen molar-refractivity contribution in [3.8, 4) is 17.3 Å². The topological polar surface area (TPSA) is 109 Å². The summed E-state index contributed by atoms with van der Waals surface area (Å²) < 4.78 is 15.3. The molecule has 1 amide bonds. The van der Waals surface area contributed by atoms with Gasteiger partial charge in [0.1, 0.15) is 22.5 Å². The number of hydrogen-bond acceptors (Lipinski definition) is 9. The molecule has 44 heavy (non-hydrogen) atoms. The van der Waals surface area contributed by atoms with E-state index < -0.39 is 6.10 Å². The number of fused-ring (bicyclic) bond motifs is 1. The van der Waals surface area contributed by atoms with Gasteiger partial charge in [-0.05, 0) is 56.3 Å². The molecule has 0 unspecified atom stereocenters. The van der Waals surface area contributed by atoms with E-state index in [9.17, 15) is 24.3 Å². The molecule has 4 aromatic rings. The molecule has 2 aliphatic rings. The molecule has 4 heterocycles. The molecule has 10 nitrogen and oxygen atoms in total. The quantitative estimate of drug-likeness (QED) is 0.335. The van der Waals surface area contributed by atoms with Crippen molar-refractivity contribution in [2.75, 3.05) is 62.7 Å². The minimum atomic E-state index is -0.405. The molecule has 2 aliphatic heterocycles. The van der Waals surface area contributed by atoms with Gasteiger partial charge in [-0.2, -0.15) is 5.26 Å². The summed E-state index contributed by atoms with van der Waals surface area (Å²) in [6.45, 7) is 8.01. The number of β-amino-alcohol motifs (C(OH)–C–C–N with tert-alkyl or cyclic N) is 1. The number of rotatable bonds is 7. The Kier molecular flexibility index (Phi) is 8.11. The van der Waals surface area contributed by atoms with Crippen molar-refractivity contribution < 1.29 is 14.3 Å². The first-order chi connectivity index (χ1) is 21.1. The van der Waals surface area contributed by atoms with E-state index in [1.165, 1.54) is 23.5 Å². The number of aromatic nitrogens is 2. The van der Waals surface area contributed by atoms with Crippen LogP contribution in [0.1, 0.15) is 24.8 Å². The number of carbonyl (C=O) groups is 1. The number of nitrogens with zero attached hydrogens (tertiary/aromatic N) is 7. The van der Waals surface area contributed by atoms with Crippen LogP contribution in [-0.2, 0) is 4.79 Å². The van der Waals surface area contributed by atoms with Crippen LogP contribution >= 0.6 is 11.3 Å². The van der Waals surface area contributed by atoms with E-state index >= 15 is 0 Å². The molecule has 6 rings (SSSR count). The third-order valence-corrected chi connectivity index (χ3v) is 9.39. The summed E-state index contributed by atoms with van der Waals surface area (Å²) in [4.78, 5) is 39.2. The average Bonchev–Trinajstić information content (AvgIpc) is 3.44. The molecule has 0 aliphatic carbocycles. The number of halogens is 1. The Hall–Kier alpha value is -4.31. The number of benzene rings is 2. The first-order valence-corrected chi connectivity index (χ1v) is 15.5. The second-order valence-electron chi connectivity index (χ2n) is 11.6. The zero-order chi connectivity index (χ0) is 31.1. The van der Waals surface area contributed by atoms with Crippen molar-refractivity contribution in [3.63, 3.8) is 0 Å². The number of thiazole rings is 1. The molecule has 2 aromatic heterocycles. The number of piperazine rings is 1. The van der Waals surface area contributed by atoms with Gasteiger partial charge in [0.15, 0.2) is 5.13 Å². The smallest absolute Gasteiger partial charge is 0.258 e. The summed E-state index contributed by atoms with van der Waals surface area (Å²) in [5.74, 6) is -0.312. The van der Waals surface area contributed by atoms with Gasteiger partial charge >= 0.3 is 0 Å². The van der Waals surface area contributed by atoms with Crippen LogP contribution in [-0.4, -0.2) is 89.3 Å². The Morgan fingerprint density at radius 3 is 2.48 bits per heavy atom. The molecule has 228 valence electrons. The lowest BCUT2D eigenvalue weighted by molar-refractivity contribution is -0.142. The van der Waals surface area contributed by atoms with E-state index in [1.807, 2.05) is 50.2 Å². The van der Waals surface area contributed by atoms with Crippen molar-refractivity contribution in [3.05, 3.63) is 69.7 Å². The van der Waals surface area contributed by atoms with Gasteiger partial charge in [0.2, 0.25) is 5.91 Å². The lowest BCUT2D eigenvalue weighted by Gasteiger charge is -2.39. The van der Waals surface area contributed by atoms with E-state index in [2.05, 4.69) is 15.9 Å². The largest absolute Gasteiger partial charge is 0.389 e. The van der Waals surface area contributed by atoms with Crippen LogP contribution in [0.25, 0.3) is 22.0 Å². The summed E-state index contributed by atoms with van der Waals surface area (Å²) in [7, 11) is 1.87. The highest BCUT2D eigenvalue weighted by Gasteiger charge is 2.30. The molecule has 0 saturated carbocycles. The van der Waals surface area contributed by atoms with Gasteiger partial charge in [-0.25, -0.2) is 9.37 Å². The monoisotopic (exact) mass is 615 g/mol. The number of aliphatic hydroxyl groups is 1. The Morgan fingerprint density at radius 1 is 1.14 bits per heavy atom. The van der Waals surface area contributed by atoms with Gasteiger partial charge in [0.05, 0.1) is 18.3 Å². The average molecular weight is 616 g/mol. The van der Waals surface area contributed by atoms with Crippen LogP contribution in [0.5, 0.6) is 0 Å². The molecule has 0 radical (unpaired) electrons. The van der Waals surface area contributed by atoms with Gasteiger partial charge in [-0.1, -0.05) is 11.3 Å². The minimum absolute atomic E-state index is 0.0490. The third-order valence-electron chi connectivity index (χ3n) is 8.36. The molecule has 0 bridgehead atoms. The number of nitriles is 1. The Labute approximate surface area is 258 Å². The number of pyridine rings is 1. The first-order valence-electron chi connectivity index (χ1n) is 14.7. The van der Waals surface area contributed by atoms with Crippen molar-refractivity contribution in [2.45, 2.75) is 26.0 Å². The maximum Gasteiger partial charge on any atom is 0.258 e. The van der Waals surface area contributed by atoms with Crippen LogP contribution in [0.2, 0.25) is 0 Å². The van der Waals surface area contributed by atoms with Crippen LogP contribution in [0, 0.1) is 17.1 Å². The number of amides is 1. The Morgan fingerprint density at radius 2 is 1.84 bits per heavy atom. The summed E-state index contributed by atoms with van der Waals surface area (Å²) in [5.41, 5.74) is 2.82. The lowest BCUT2D eigenvalue weighted by atomic mass is 10.1. The second kappa shape index (κ2) is 12.0. The zero-order valence-corrected chi connectivity index (χ0v) is 25.7. The SMILES string of the molecule is CC(C)n1cc(N(C)c2nc(-c3ccc(F)cc3)c(C#N)s2)c2cc(N3CCN(CC(=O)N4CC(O)C4)CC3)ccc2c1=O. The fourth-order valence-corrected chi connectivity index (χ4v) is 6.59. The molecule has 1 N–H and O–H groups in total. The van der Waals surface area contributed by atoms with E-state index in [1.54, 1.807) is 21.6 Å². The molecule has 12 heteroatoms. The van der Waals surface area contributed by atoms with Crippen LogP contribution < -0.4 is 15.4 Å². The second-order valence-corrected chi connectivity index (χ2v) is 12.6. The van der Waals surface area contributed by atoms with E-state index in [-0.39, 0.29) is 23.3 Å². The van der Waals surface area contributed by atoms with Crippen LogP contribution in [0.15, 0.2) is 53.5 Å². The summed E-state index contributed by atoms with van der Waals surface area (Å²) in [5, 5.41) is 21.3. The molecular formula is C32H34FN7O3S. The number of hydrogen-bond donors (Lipinski definition) is 1. The first kappa shape index (κ1) is 29.7. The fourth-order valence-electron chi connectivity index (χ4n) is 5.73. The Bertz CT molecular complexity index is 1800. The van der Waals surface area contributed by atoms with Crippen LogP contribution in [0.3, 0.4) is 0 Å². The molecule has 0 spiro atoms. The minimum Gasteiger partial charge on any atom is -0.389 e. The number of likely N-dealkylation sites (tertiary alicyclic amines) is 1. The molecule has 2 fully saturated rings. The van der Waals surface area contributed by atoms with E-state index in [0.717, 1.165) is 42.9 Å². The lowest BCUT2D eigenvalue weighted by Crippen LogP contribution is -2.57. The maximum atomic E-state index is 13.6. The molecule has 2 saturated heterocycles. The van der Waals surface area contributed by atoms with Gasteiger partial charge in [-0.3, -0.25) is 14.5 Å². The maximum absolute atomic E-state index is 13.6. The Balaban J connectivity index is 1.31. The number of carbonyl (C=O) groups excluding carboxylic acids is 1. The molecule has 0 atom stereocenters. The predicted octanol–water partition coefficient (Wildman–Crippen LogP) is 3.81. The van der Waals surface area contributed by atoms with Crippen molar-refractivity contribution in [1.29, 1.82) is 5.26 Å². The predicted molar refractivity (Wildman–Crippen MR) is 170 cm³/mol. The number of anilines is 3. The fraction of sp³-hybridized carbons (Fsp3) is 0.375. The van der Waals surface area contributed by atoms with E-state index in [0.29, 0.717) is 46.3 Å². The standard InChI is InChI=1S/C32H34FN7O3S/c1-20(2)40-18-27(36(3)32-35-30(28(15-34)44-32)21-4-6-22(33)7-5-21)26-14-23(8-9-25(26)31(40)43)38-12-10-37(11-13-38)19-29(42)39-16-24(41)17-39/h4-9,14,18,20,24,41H,10-13,16-17,19H2,1-3H3. The van der Waals surface area contributed by atoms with Crippen LogP contribution in [0.4, 0.5) is 20.9 Å². The normalized spacial score (nSPS) is 15.9. The molecule has 2 aromatic carbocycles. The molecular weight excluding hydrogens is 581 g/mol. The highest BCUT2D eigenvalue weighted by atomic mass is 32.1. The van der Waals surface area contributed by atoms with Gasteiger partial charge in [0.25, 0.3) is 5.56 Å². The highest BCUT2D eigenvalue weighted by molar-refractivity contribution is 7.16. The summed E-state index contributed by atoms with van der Waals surface area (Å²) in [6.07, 6.45) is 1.44. The van der Waals surface area contributed by atoms with Crippen molar-refractivity contribution in [2.24, 2.45) is 0 Å². The third kappa shape index (κ3) is 5.66. The van der Waals surface area contributed by atoms with Gasteiger partial charge in [0, 0.05) is 80.6 Å². The van der Waals surface area contributed by atoms with Crippen molar-refractivity contribution in [1.82, 2.24) is 19.4 Å².